The third-order valence-corrected chi connectivity index (χ3v) is 3.42. The van der Waals surface area contributed by atoms with E-state index >= 15 is 0 Å². The van der Waals surface area contributed by atoms with Crippen LogP contribution in [0.2, 0.25) is 0 Å². The molecule has 0 unspecified atom stereocenters. The summed E-state index contributed by atoms with van der Waals surface area (Å²) in [7, 11) is 1.38. The van der Waals surface area contributed by atoms with Gasteiger partial charge in [-0.1, -0.05) is 0 Å². The second-order valence-electron chi connectivity index (χ2n) is 2.27. The molecule has 1 aromatic carbocycles. The van der Waals surface area contributed by atoms with Crippen LogP contribution in [0.1, 0.15) is 0 Å². The normalized spacial score (nSPS) is 10.4. The molecule has 0 N–H and O–H groups in total. The van der Waals surface area contributed by atoms with Crippen molar-refractivity contribution < 1.29 is 18.3 Å². The molecule has 14 heavy (non-hydrogen) atoms. The summed E-state index contributed by atoms with van der Waals surface area (Å²) >= 11 is 6.29. The standard InChI is InChI=1S/C8H6Br2F2O2/c1-13-5-3-2-4(9)6(10)7(5)14-8(11)12/h2-3,8H,1H3. The second kappa shape index (κ2) is 4.93. The van der Waals surface area contributed by atoms with Crippen molar-refractivity contribution >= 4 is 31.9 Å². The molecule has 2 nitrogen and oxygen atoms in total. The minimum atomic E-state index is -2.88. The Bertz CT molecular complexity index is 331. The third-order valence-electron chi connectivity index (χ3n) is 1.44. The molecule has 78 valence electrons. The predicted molar refractivity (Wildman–Crippen MR) is 55.0 cm³/mol. The molecule has 1 aromatic rings. The van der Waals surface area contributed by atoms with Crippen LogP contribution in [0.5, 0.6) is 11.5 Å². The third kappa shape index (κ3) is 2.57. The maximum atomic E-state index is 12.0. The lowest BCUT2D eigenvalue weighted by Gasteiger charge is -2.12. The number of benzene rings is 1. The summed E-state index contributed by atoms with van der Waals surface area (Å²) in [4.78, 5) is 0. The fourth-order valence-corrected chi connectivity index (χ4v) is 1.61. The molecule has 0 radical (unpaired) electrons. The Morgan fingerprint density at radius 1 is 1.29 bits per heavy atom. The molecule has 0 spiro atoms. The van der Waals surface area contributed by atoms with Crippen molar-refractivity contribution in [3.8, 4) is 11.5 Å². The summed E-state index contributed by atoms with van der Waals surface area (Å²) < 4.78 is 34.3. The van der Waals surface area contributed by atoms with Gasteiger partial charge >= 0.3 is 6.61 Å². The van der Waals surface area contributed by atoms with Gasteiger partial charge in [0.25, 0.3) is 0 Å². The lowest BCUT2D eigenvalue weighted by molar-refractivity contribution is -0.0517. The number of halogens is 4. The number of ether oxygens (including phenoxy) is 2. The van der Waals surface area contributed by atoms with Crippen LogP contribution in [0.3, 0.4) is 0 Å². The number of hydrogen-bond donors (Lipinski definition) is 0. The van der Waals surface area contributed by atoms with Crippen LogP contribution < -0.4 is 9.47 Å². The molecule has 1 rings (SSSR count). The number of methoxy groups -OCH3 is 1. The van der Waals surface area contributed by atoms with E-state index in [-0.39, 0.29) is 11.5 Å². The van der Waals surface area contributed by atoms with Gasteiger partial charge in [0.15, 0.2) is 11.5 Å². The maximum Gasteiger partial charge on any atom is 0.387 e. The van der Waals surface area contributed by atoms with Crippen LogP contribution in [0.15, 0.2) is 21.1 Å². The van der Waals surface area contributed by atoms with Gasteiger partial charge in [-0.3, -0.25) is 0 Å². The smallest absolute Gasteiger partial charge is 0.387 e. The molecule has 0 aromatic heterocycles. The number of hydrogen-bond acceptors (Lipinski definition) is 2. The van der Waals surface area contributed by atoms with Crippen LogP contribution in [0.25, 0.3) is 0 Å². The Morgan fingerprint density at radius 3 is 2.43 bits per heavy atom. The Kier molecular flexibility index (Phi) is 4.12. The van der Waals surface area contributed by atoms with Crippen molar-refractivity contribution in [1.82, 2.24) is 0 Å². The van der Waals surface area contributed by atoms with Crippen LogP contribution in [0, 0.1) is 0 Å². The van der Waals surface area contributed by atoms with E-state index in [4.69, 9.17) is 4.74 Å². The quantitative estimate of drug-likeness (QED) is 0.838. The molecular weight excluding hydrogens is 326 g/mol. The Hall–Kier alpha value is -0.360. The molecule has 0 aliphatic rings. The Balaban J connectivity index is 3.14. The van der Waals surface area contributed by atoms with Gasteiger partial charge in [-0.15, -0.1) is 0 Å². The molecular formula is C8H6Br2F2O2. The van der Waals surface area contributed by atoms with Gasteiger partial charge in [0.1, 0.15) is 0 Å². The van der Waals surface area contributed by atoms with E-state index < -0.39 is 6.61 Å². The van der Waals surface area contributed by atoms with Crippen LogP contribution >= 0.6 is 31.9 Å². The molecule has 0 heterocycles. The zero-order chi connectivity index (χ0) is 10.7. The van der Waals surface area contributed by atoms with E-state index in [1.54, 1.807) is 6.07 Å². The van der Waals surface area contributed by atoms with Gasteiger partial charge in [-0.25, -0.2) is 0 Å². The van der Waals surface area contributed by atoms with Gasteiger partial charge in [0, 0.05) is 4.47 Å². The average Bonchev–Trinajstić information content (AvgIpc) is 2.13. The summed E-state index contributed by atoms with van der Waals surface area (Å²) in [6, 6.07) is 3.20. The second-order valence-corrected chi connectivity index (χ2v) is 3.92. The fourth-order valence-electron chi connectivity index (χ4n) is 0.874. The van der Waals surface area contributed by atoms with Crippen molar-refractivity contribution in [2.24, 2.45) is 0 Å². The summed E-state index contributed by atoms with van der Waals surface area (Å²) in [6.45, 7) is -2.88. The van der Waals surface area contributed by atoms with E-state index in [0.29, 0.717) is 8.95 Å². The number of rotatable bonds is 3. The highest BCUT2D eigenvalue weighted by Gasteiger charge is 2.16. The summed E-state index contributed by atoms with van der Waals surface area (Å²) in [6.07, 6.45) is 0. The van der Waals surface area contributed by atoms with Gasteiger partial charge in [0.2, 0.25) is 0 Å². The van der Waals surface area contributed by atoms with E-state index in [0.717, 1.165) is 0 Å². The van der Waals surface area contributed by atoms with Gasteiger partial charge in [-0.2, -0.15) is 8.78 Å². The monoisotopic (exact) mass is 330 g/mol. The highest BCUT2D eigenvalue weighted by atomic mass is 79.9. The molecule has 0 aliphatic heterocycles. The predicted octanol–water partition coefficient (Wildman–Crippen LogP) is 3.82. The van der Waals surface area contributed by atoms with Crippen LogP contribution in [-0.4, -0.2) is 13.7 Å². The molecule has 0 atom stereocenters. The minimum Gasteiger partial charge on any atom is -0.493 e. The first kappa shape index (κ1) is 11.7. The summed E-state index contributed by atoms with van der Waals surface area (Å²) in [5.74, 6) is 0.234. The Morgan fingerprint density at radius 2 is 1.93 bits per heavy atom. The molecule has 6 heteroatoms. The van der Waals surface area contributed by atoms with Crippen LogP contribution in [0.4, 0.5) is 8.78 Å². The van der Waals surface area contributed by atoms with Gasteiger partial charge < -0.3 is 9.47 Å². The first-order valence-corrected chi connectivity index (χ1v) is 5.11. The first-order chi connectivity index (χ1) is 6.56. The largest absolute Gasteiger partial charge is 0.493 e. The zero-order valence-corrected chi connectivity index (χ0v) is 10.2. The zero-order valence-electron chi connectivity index (χ0n) is 7.06. The summed E-state index contributed by atoms with van der Waals surface area (Å²) in [5.41, 5.74) is 0. The van der Waals surface area contributed by atoms with E-state index in [9.17, 15) is 8.78 Å². The van der Waals surface area contributed by atoms with Gasteiger partial charge in [0.05, 0.1) is 11.6 Å². The highest BCUT2D eigenvalue weighted by molar-refractivity contribution is 9.13. The Labute approximate surface area is 96.5 Å². The van der Waals surface area contributed by atoms with Crippen molar-refractivity contribution in [2.45, 2.75) is 6.61 Å². The topological polar surface area (TPSA) is 18.5 Å². The first-order valence-electron chi connectivity index (χ1n) is 3.53. The fraction of sp³-hybridized carbons (Fsp3) is 0.250. The van der Waals surface area contributed by atoms with Crippen LogP contribution in [-0.2, 0) is 0 Å². The average molecular weight is 332 g/mol. The van der Waals surface area contributed by atoms with Crippen molar-refractivity contribution in [3.63, 3.8) is 0 Å². The van der Waals surface area contributed by atoms with Crippen molar-refractivity contribution in [2.75, 3.05) is 7.11 Å². The van der Waals surface area contributed by atoms with Gasteiger partial charge in [-0.05, 0) is 44.0 Å². The van der Waals surface area contributed by atoms with E-state index in [1.165, 1.54) is 13.2 Å². The van der Waals surface area contributed by atoms with E-state index in [2.05, 4.69) is 36.6 Å². The summed E-state index contributed by atoms with van der Waals surface area (Å²) in [5, 5.41) is 0. The lowest BCUT2D eigenvalue weighted by atomic mass is 10.3. The highest BCUT2D eigenvalue weighted by Crippen LogP contribution is 2.40. The molecule has 0 saturated heterocycles. The molecule has 0 saturated carbocycles. The lowest BCUT2D eigenvalue weighted by Crippen LogP contribution is -2.04. The maximum absolute atomic E-state index is 12.0. The molecule has 0 bridgehead atoms. The molecule has 0 fully saturated rings. The molecule has 0 aliphatic carbocycles. The van der Waals surface area contributed by atoms with Crippen molar-refractivity contribution in [1.29, 1.82) is 0 Å². The van der Waals surface area contributed by atoms with Crippen molar-refractivity contribution in [3.05, 3.63) is 21.1 Å². The number of alkyl halides is 2. The SMILES string of the molecule is COc1ccc(Br)c(Br)c1OC(F)F. The molecule has 0 amide bonds. The van der Waals surface area contributed by atoms with E-state index in [1.807, 2.05) is 0 Å². The minimum absolute atomic E-state index is 0.0168.